The lowest BCUT2D eigenvalue weighted by Crippen LogP contribution is -2.19. The highest BCUT2D eigenvalue weighted by Gasteiger charge is 2.27. The first-order valence-corrected chi connectivity index (χ1v) is 5.73. The third kappa shape index (κ3) is 2.97. The van der Waals surface area contributed by atoms with Crippen molar-refractivity contribution in [1.82, 2.24) is 5.32 Å². The minimum absolute atomic E-state index is 0.0143. The van der Waals surface area contributed by atoms with E-state index in [1.807, 2.05) is 24.3 Å². The van der Waals surface area contributed by atoms with Gasteiger partial charge in [-0.25, -0.2) is 0 Å². The van der Waals surface area contributed by atoms with Crippen molar-refractivity contribution in [3.63, 3.8) is 0 Å². The summed E-state index contributed by atoms with van der Waals surface area (Å²) in [7, 11) is 1.65. The van der Waals surface area contributed by atoms with Crippen LogP contribution in [0.3, 0.4) is 0 Å². The van der Waals surface area contributed by atoms with Crippen molar-refractivity contribution in [3.8, 4) is 5.75 Å². The summed E-state index contributed by atoms with van der Waals surface area (Å²) < 4.78 is 10.3. The molecule has 0 aromatic heterocycles. The molecule has 0 aliphatic carbocycles. The first-order valence-electron chi connectivity index (χ1n) is 5.73. The van der Waals surface area contributed by atoms with Crippen molar-refractivity contribution in [2.75, 3.05) is 13.7 Å². The second kappa shape index (κ2) is 5.19. The predicted octanol–water partition coefficient (Wildman–Crippen LogP) is 1.66. The Morgan fingerprint density at radius 2 is 2.06 bits per heavy atom. The molecule has 17 heavy (non-hydrogen) atoms. The Kier molecular flexibility index (Phi) is 3.64. The van der Waals surface area contributed by atoms with Crippen LogP contribution >= 0.6 is 0 Å². The zero-order valence-corrected chi connectivity index (χ0v) is 10.1. The predicted molar refractivity (Wildman–Crippen MR) is 63.9 cm³/mol. The molecule has 1 aromatic rings. The minimum atomic E-state index is -0.216. The van der Waals surface area contributed by atoms with Crippen molar-refractivity contribution in [3.05, 3.63) is 29.8 Å². The zero-order chi connectivity index (χ0) is 12.3. The van der Waals surface area contributed by atoms with Crippen LogP contribution in [-0.2, 0) is 9.53 Å². The summed E-state index contributed by atoms with van der Waals surface area (Å²) in [5.41, 5.74) is 1.19. The molecule has 0 radical (unpaired) electrons. The summed E-state index contributed by atoms with van der Waals surface area (Å²) in [4.78, 5) is 10.9. The first-order chi connectivity index (χ1) is 8.19. The Hall–Kier alpha value is -1.55. The van der Waals surface area contributed by atoms with Gasteiger partial charge in [0.15, 0.2) is 0 Å². The molecule has 1 fully saturated rings. The Labute approximate surface area is 101 Å². The van der Waals surface area contributed by atoms with E-state index < -0.39 is 0 Å². The summed E-state index contributed by atoms with van der Waals surface area (Å²) in [6.45, 7) is 2.16. The van der Waals surface area contributed by atoms with Crippen LogP contribution in [0.25, 0.3) is 0 Å². The van der Waals surface area contributed by atoms with Gasteiger partial charge in [0.1, 0.15) is 11.9 Å². The number of hydrogen-bond donors (Lipinski definition) is 1. The summed E-state index contributed by atoms with van der Waals surface area (Å²) in [5.74, 6) is 0.635. The van der Waals surface area contributed by atoms with Crippen LogP contribution in [0.1, 0.15) is 24.9 Å². The van der Waals surface area contributed by atoms with Crippen molar-refractivity contribution < 1.29 is 14.3 Å². The molecule has 92 valence electrons. The second-order valence-corrected chi connectivity index (χ2v) is 4.20. The van der Waals surface area contributed by atoms with Crippen LogP contribution < -0.4 is 10.1 Å². The van der Waals surface area contributed by atoms with Gasteiger partial charge in [-0.15, -0.1) is 0 Å². The molecule has 1 aliphatic heterocycles. The minimum Gasteiger partial charge on any atom is -0.497 e. The molecule has 2 rings (SSSR count). The molecular formula is C13H17NO3. The van der Waals surface area contributed by atoms with E-state index in [1.165, 1.54) is 12.5 Å². The van der Waals surface area contributed by atoms with Gasteiger partial charge in [-0.3, -0.25) is 4.79 Å². The monoisotopic (exact) mass is 235 g/mol. The number of ether oxygens (including phenoxy) is 2. The summed E-state index contributed by atoms with van der Waals surface area (Å²) in [5, 5.41) is 3.35. The quantitative estimate of drug-likeness (QED) is 0.809. The van der Waals surface area contributed by atoms with Crippen molar-refractivity contribution in [2.45, 2.75) is 25.5 Å². The number of nitrogens with one attached hydrogen (secondary N) is 1. The van der Waals surface area contributed by atoms with Crippen LogP contribution in [0.15, 0.2) is 24.3 Å². The lowest BCUT2D eigenvalue weighted by molar-refractivity contribution is -0.145. The number of rotatable bonds is 3. The Balaban J connectivity index is 1.97. The molecule has 1 aliphatic rings. The van der Waals surface area contributed by atoms with Gasteiger partial charge >= 0.3 is 5.97 Å². The number of hydrogen-bond acceptors (Lipinski definition) is 4. The van der Waals surface area contributed by atoms with Crippen LogP contribution in [0.2, 0.25) is 0 Å². The molecule has 4 nitrogen and oxygen atoms in total. The highest BCUT2D eigenvalue weighted by Crippen LogP contribution is 2.26. The average molecular weight is 235 g/mol. The fraction of sp³-hybridized carbons (Fsp3) is 0.462. The fourth-order valence-corrected chi connectivity index (χ4v) is 2.12. The zero-order valence-electron chi connectivity index (χ0n) is 10.1. The molecule has 1 aromatic carbocycles. The van der Waals surface area contributed by atoms with E-state index in [0.29, 0.717) is 0 Å². The molecule has 2 atom stereocenters. The number of benzene rings is 1. The normalized spacial score (nSPS) is 23.4. The molecule has 4 heteroatoms. The van der Waals surface area contributed by atoms with Gasteiger partial charge in [0.2, 0.25) is 0 Å². The molecule has 1 saturated heterocycles. The molecule has 0 spiro atoms. The number of esters is 1. The average Bonchev–Trinajstić information content (AvgIpc) is 2.77. The third-order valence-corrected chi connectivity index (χ3v) is 2.94. The lowest BCUT2D eigenvalue weighted by Gasteiger charge is -2.11. The summed E-state index contributed by atoms with van der Waals surface area (Å²) >= 11 is 0. The maximum atomic E-state index is 10.9. The molecule has 0 amide bonds. The van der Waals surface area contributed by atoms with E-state index >= 15 is 0 Å². The summed E-state index contributed by atoms with van der Waals surface area (Å²) in [6, 6.07) is 8.20. The van der Waals surface area contributed by atoms with Gasteiger partial charge in [0, 0.05) is 25.9 Å². The Morgan fingerprint density at radius 3 is 2.65 bits per heavy atom. The molecule has 0 bridgehead atoms. The van der Waals surface area contributed by atoms with Crippen LogP contribution in [-0.4, -0.2) is 25.7 Å². The maximum Gasteiger partial charge on any atom is 0.302 e. The van der Waals surface area contributed by atoms with Gasteiger partial charge in [-0.2, -0.15) is 0 Å². The smallest absolute Gasteiger partial charge is 0.302 e. The molecule has 1 heterocycles. The lowest BCUT2D eigenvalue weighted by atomic mass is 10.0. The van der Waals surface area contributed by atoms with Crippen molar-refractivity contribution >= 4 is 5.97 Å². The van der Waals surface area contributed by atoms with Crippen molar-refractivity contribution in [1.29, 1.82) is 0 Å². The Bertz CT molecular complexity index is 388. The highest BCUT2D eigenvalue weighted by atomic mass is 16.5. The van der Waals surface area contributed by atoms with E-state index in [2.05, 4.69) is 5.32 Å². The largest absolute Gasteiger partial charge is 0.497 e. The van der Waals surface area contributed by atoms with Gasteiger partial charge < -0.3 is 14.8 Å². The molecular weight excluding hydrogens is 218 g/mol. The van der Waals surface area contributed by atoms with Gasteiger partial charge in [-0.1, -0.05) is 12.1 Å². The van der Waals surface area contributed by atoms with E-state index in [4.69, 9.17) is 9.47 Å². The fourth-order valence-electron chi connectivity index (χ4n) is 2.12. The van der Waals surface area contributed by atoms with E-state index in [1.54, 1.807) is 7.11 Å². The van der Waals surface area contributed by atoms with Gasteiger partial charge in [0.25, 0.3) is 0 Å². The Morgan fingerprint density at radius 1 is 1.35 bits per heavy atom. The number of carbonyl (C=O) groups is 1. The topological polar surface area (TPSA) is 47.6 Å². The van der Waals surface area contributed by atoms with E-state index in [-0.39, 0.29) is 18.1 Å². The van der Waals surface area contributed by atoms with Gasteiger partial charge in [-0.05, 0) is 17.7 Å². The number of carbonyl (C=O) groups excluding carboxylic acids is 1. The molecule has 0 saturated carbocycles. The van der Waals surface area contributed by atoms with E-state index in [0.717, 1.165) is 18.7 Å². The SMILES string of the molecule is COc1ccc(C2CC(OC(C)=O)CN2)cc1. The standard InChI is InChI=1S/C13H17NO3/c1-9(15)17-12-7-13(14-8-12)10-3-5-11(16-2)6-4-10/h3-6,12-14H,7-8H2,1-2H3. The van der Waals surface area contributed by atoms with Gasteiger partial charge in [0.05, 0.1) is 7.11 Å². The second-order valence-electron chi connectivity index (χ2n) is 4.20. The molecule has 1 N–H and O–H groups in total. The number of methoxy groups -OCH3 is 1. The first kappa shape index (κ1) is 11.9. The van der Waals surface area contributed by atoms with Crippen molar-refractivity contribution in [2.24, 2.45) is 0 Å². The highest BCUT2D eigenvalue weighted by molar-refractivity contribution is 5.66. The van der Waals surface area contributed by atoms with Crippen LogP contribution in [0.5, 0.6) is 5.75 Å². The van der Waals surface area contributed by atoms with Crippen LogP contribution in [0, 0.1) is 0 Å². The van der Waals surface area contributed by atoms with E-state index in [9.17, 15) is 4.79 Å². The molecule has 2 unspecified atom stereocenters. The van der Waals surface area contributed by atoms with Crippen LogP contribution in [0.4, 0.5) is 0 Å². The summed E-state index contributed by atoms with van der Waals surface area (Å²) in [6.07, 6.45) is 0.811. The maximum absolute atomic E-state index is 10.9. The third-order valence-electron chi connectivity index (χ3n) is 2.94.